The predicted molar refractivity (Wildman–Crippen MR) is 102 cm³/mol. The molecule has 0 saturated heterocycles. The van der Waals surface area contributed by atoms with Gasteiger partial charge in [-0.2, -0.15) is 13.2 Å². The van der Waals surface area contributed by atoms with E-state index in [4.69, 9.17) is 4.74 Å². The van der Waals surface area contributed by atoms with Crippen molar-refractivity contribution in [2.45, 2.75) is 56.8 Å². The van der Waals surface area contributed by atoms with Crippen LogP contribution in [0.25, 0.3) is 0 Å². The number of nitrogens with one attached hydrogen (secondary N) is 2. The standard InChI is InChI=1S/C21H25F3N2O3/c22-21(23,24)20(28)26-18(15-16-9-5-4-6-10-16)19(27)25-13-14-29-17-11-7-2-1-3-8-12-17/h4-6,9-10,17-18H,1-3,7,11,13-15H2,(H,25,27)(H,26,28). The molecule has 0 bridgehead atoms. The highest BCUT2D eigenvalue weighted by Gasteiger charge is 2.40. The second-order valence-electron chi connectivity index (χ2n) is 6.78. The zero-order valence-electron chi connectivity index (χ0n) is 16.1. The van der Waals surface area contributed by atoms with Crippen molar-refractivity contribution in [2.24, 2.45) is 0 Å². The van der Waals surface area contributed by atoms with Crippen LogP contribution in [0.4, 0.5) is 13.2 Å². The lowest BCUT2D eigenvalue weighted by molar-refractivity contribution is -0.174. The van der Waals surface area contributed by atoms with Gasteiger partial charge in [-0.05, 0) is 24.8 Å². The molecule has 0 radical (unpaired) electrons. The molecule has 8 heteroatoms. The Hall–Kier alpha value is -2.53. The first-order valence-corrected chi connectivity index (χ1v) is 9.65. The molecule has 0 aromatic heterocycles. The Morgan fingerprint density at radius 2 is 1.93 bits per heavy atom. The van der Waals surface area contributed by atoms with Gasteiger partial charge < -0.3 is 15.4 Å². The second kappa shape index (κ2) is 11.5. The van der Waals surface area contributed by atoms with Crippen molar-refractivity contribution in [3.8, 4) is 11.8 Å². The topological polar surface area (TPSA) is 67.4 Å². The number of rotatable bonds is 8. The molecule has 0 heterocycles. The van der Waals surface area contributed by atoms with Gasteiger partial charge in [0.15, 0.2) is 0 Å². The van der Waals surface area contributed by atoms with Crippen LogP contribution < -0.4 is 10.6 Å². The SMILES string of the molecule is O=C(NCCOC1C#CCCCCC1)C(Cc1ccccc1)NC(=O)C(F)(F)F. The average Bonchev–Trinajstić information content (AvgIpc) is 2.65. The fourth-order valence-electron chi connectivity index (χ4n) is 2.90. The number of alkyl halides is 3. The summed E-state index contributed by atoms with van der Waals surface area (Å²) in [6.45, 7) is 0.306. The van der Waals surface area contributed by atoms with Crippen molar-refractivity contribution in [1.82, 2.24) is 10.6 Å². The molecule has 2 atom stereocenters. The van der Waals surface area contributed by atoms with Crippen LogP contribution >= 0.6 is 0 Å². The molecule has 2 N–H and O–H groups in total. The molecule has 0 fully saturated rings. The molecule has 1 aromatic rings. The minimum absolute atomic E-state index is 0.0521. The molecule has 29 heavy (non-hydrogen) atoms. The molecule has 1 aliphatic carbocycles. The van der Waals surface area contributed by atoms with Gasteiger partial charge in [0.05, 0.1) is 6.61 Å². The zero-order chi connectivity index (χ0) is 21.1. The minimum atomic E-state index is -5.06. The van der Waals surface area contributed by atoms with Crippen molar-refractivity contribution >= 4 is 11.8 Å². The summed E-state index contributed by atoms with van der Waals surface area (Å²) in [4.78, 5) is 23.7. The van der Waals surface area contributed by atoms with Gasteiger partial charge in [-0.3, -0.25) is 9.59 Å². The van der Waals surface area contributed by atoms with Gasteiger partial charge in [0.25, 0.3) is 0 Å². The number of carbonyl (C=O) groups is 2. The summed E-state index contributed by atoms with van der Waals surface area (Å²) < 4.78 is 43.5. The van der Waals surface area contributed by atoms with E-state index in [1.807, 2.05) is 0 Å². The summed E-state index contributed by atoms with van der Waals surface area (Å²) in [5.41, 5.74) is 0.635. The maximum atomic E-state index is 12.6. The van der Waals surface area contributed by atoms with Crippen molar-refractivity contribution < 1.29 is 27.5 Å². The summed E-state index contributed by atoms with van der Waals surface area (Å²) in [6, 6.07) is 7.18. The van der Waals surface area contributed by atoms with E-state index >= 15 is 0 Å². The van der Waals surface area contributed by atoms with Crippen LogP contribution in [0.3, 0.4) is 0 Å². The van der Waals surface area contributed by atoms with Gasteiger partial charge in [0.2, 0.25) is 5.91 Å². The first-order valence-electron chi connectivity index (χ1n) is 9.65. The molecule has 0 spiro atoms. The van der Waals surface area contributed by atoms with Crippen LogP contribution in [-0.4, -0.2) is 43.3 Å². The van der Waals surface area contributed by atoms with E-state index in [-0.39, 0.29) is 25.7 Å². The molecule has 2 rings (SSSR count). The van der Waals surface area contributed by atoms with Crippen molar-refractivity contribution in [3.05, 3.63) is 35.9 Å². The fourth-order valence-corrected chi connectivity index (χ4v) is 2.90. The number of carbonyl (C=O) groups excluding carboxylic acids is 2. The monoisotopic (exact) mass is 410 g/mol. The lowest BCUT2D eigenvalue weighted by atomic mass is 10.1. The van der Waals surface area contributed by atoms with Gasteiger partial charge in [-0.25, -0.2) is 0 Å². The largest absolute Gasteiger partial charge is 0.471 e. The van der Waals surface area contributed by atoms with E-state index in [2.05, 4.69) is 17.2 Å². The number of hydrogen-bond donors (Lipinski definition) is 2. The molecule has 1 aliphatic rings. The van der Waals surface area contributed by atoms with Crippen LogP contribution in [0.5, 0.6) is 0 Å². The number of benzene rings is 1. The summed E-state index contributed by atoms with van der Waals surface area (Å²) in [7, 11) is 0. The van der Waals surface area contributed by atoms with Gasteiger partial charge in [0, 0.05) is 19.4 Å². The predicted octanol–water partition coefficient (Wildman–Crippen LogP) is 2.75. The van der Waals surface area contributed by atoms with Crippen molar-refractivity contribution in [3.63, 3.8) is 0 Å². The maximum Gasteiger partial charge on any atom is 0.471 e. The fraction of sp³-hybridized carbons (Fsp3) is 0.524. The van der Waals surface area contributed by atoms with Gasteiger partial charge in [0.1, 0.15) is 12.1 Å². The maximum absolute atomic E-state index is 12.6. The highest BCUT2D eigenvalue weighted by molar-refractivity contribution is 5.90. The van der Waals surface area contributed by atoms with Crippen molar-refractivity contribution in [1.29, 1.82) is 0 Å². The van der Waals surface area contributed by atoms with Crippen LogP contribution in [0.2, 0.25) is 0 Å². The molecule has 2 unspecified atom stereocenters. The summed E-state index contributed by atoms with van der Waals surface area (Å²) in [5.74, 6) is 3.25. The molecule has 2 amide bonds. The van der Waals surface area contributed by atoms with Gasteiger partial charge in [-0.15, -0.1) is 5.92 Å². The molecule has 0 saturated carbocycles. The molecule has 1 aromatic carbocycles. The smallest absolute Gasteiger partial charge is 0.364 e. The van der Waals surface area contributed by atoms with Gasteiger partial charge in [-0.1, -0.05) is 42.7 Å². The third-order valence-corrected chi connectivity index (χ3v) is 4.41. The Morgan fingerprint density at radius 1 is 1.17 bits per heavy atom. The number of amides is 2. The van der Waals surface area contributed by atoms with Crippen molar-refractivity contribution in [2.75, 3.05) is 13.2 Å². The summed E-state index contributed by atoms with van der Waals surface area (Å²) in [6.07, 6.45) is -0.437. The molecule has 0 aliphatic heterocycles. The number of ether oxygens (including phenoxy) is 1. The lowest BCUT2D eigenvalue weighted by Gasteiger charge is -2.20. The zero-order valence-corrected chi connectivity index (χ0v) is 16.1. The molecule has 158 valence electrons. The summed E-state index contributed by atoms with van der Waals surface area (Å²) >= 11 is 0. The van der Waals surface area contributed by atoms with E-state index in [1.165, 1.54) is 0 Å². The van der Waals surface area contributed by atoms with Crippen LogP contribution in [-0.2, 0) is 20.7 Å². The van der Waals surface area contributed by atoms with E-state index in [9.17, 15) is 22.8 Å². The molecular weight excluding hydrogens is 385 g/mol. The average molecular weight is 410 g/mol. The number of hydrogen-bond acceptors (Lipinski definition) is 3. The Kier molecular flexibility index (Phi) is 9.00. The van der Waals surface area contributed by atoms with Gasteiger partial charge >= 0.3 is 12.1 Å². The Morgan fingerprint density at radius 3 is 2.66 bits per heavy atom. The third kappa shape index (κ3) is 8.57. The first-order chi connectivity index (χ1) is 13.9. The van der Waals surface area contributed by atoms with Crippen LogP contribution in [0, 0.1) is 11.8 Å². The lowest BCUT2D eigenvalue weighted by Crippen LogP contribution is -2.52. The number of halogens is 3. The Bertz CT molecular complexity index is 726. The Balaban J connectivity index is 1.87. The van der Waals surface area contributed by atoms with Crippen LogP contribution in [0.1, 0.15) is 37.7 Å². The first kappa shape index (κ1) is 22.8. The Labute approximate surface area is 168 Å². The van der Waals surface area contributed by atoms with E-state index < -0.39 is 24.0 Å². The normalized spacial score (nSPS) is 17.8. The van der Waals surface area contributed by atoms with E-state index in [0.717, 1.165) is 32.1 Å². The quantitative estimate of drug-likeness (QED) is 0.512. The second-order valence-corrected chi connectivity index (χ2v) is 6.78. The van der Waals surface area contributed by atoms with E-state index in [0.29, 0.717) is 5.56 Å². The van der Waals surface area contributed by atoms with Crippen LogP contribution in [0.15, 0.2) is 30.3 Å². The summed E-state index contributed by atoms with van der Waals surface area (Å²) in [5, 5.41) is 4.30. The molecular formula is C21H25F3N2O3. The third-order valence-electron chi connectivity index (χ3n) is 4.41. The minimum Gasteiger partial charge on any atom is -0.364 e. The van der Waals surface area contributed by atoms with E-state index in [1.54, 1.807) is 35.6 Å². The molecule has 5 nitrogen and oxygen atoms in total. The highest BCUT2D eigenvalue weighted by Crippen LogP contribution is 2.15. The highest BCUT2D eigenvalue weighted by atomic mass is 19.4.